The van der Waals surface area contributed by atoms with Gasteiger partial charge in [-0.3, -0.25) is 41.4 Å². The minimum atomic E-state index is -3.68. The van der Waals surface area contributed by atoms with Gasteiger partial charge in [-0.05, 0) is 170 Å². The van der Waals surface area contributed by atoms with E-state index in [1.807, 2.05) is 24.3 Å². The molecular formula is C72H62ClFN12O18S5. The molecule has 0 spiro atoms. The van der Waals surface area contributed by atoms with E-state index in [2.05, 4.69) is 41.2 Å². The molecule has 4 saturated heterocycles. The van der Waals surface area contributed by atoms with Crippen LogP contribution in [-0.2, 0) is 59.0 Å². The third kappa shape index (κ3) is 18.3. The summed E-state index contributed by atoms with van der Waals surface area (Å²) in [5, 5.41) is 11.5. The molecule has 562 valence electrons. The Kier molecular flexibility index (Phi) is 23.0. The normalized spacial score (nSPS) is 16.2. The van der Waals surface area contributed by atoms with Crippen LogP contribution in [0, 0.1) is 5.82 Å². The number of nitrogens with zero attached hydrogens (tertiary/aromatic N) is 8. The van der Waals surface area contributed by atoms with Crippen LogP contribution in [0.25, 0.3) is 43.7 Å². The lowest BCUT2D eigenvalue weighted by atomic mass is 10.1. The zero-order valence-corrected chi connectivity index (χ0v) is 61.7. The number of ether oxygens (including phenoxy) is 4. The van der Waals surface area contributed by atoms with Crippen molar-refractivity contribution < 1.29 is 85.0 Å². The first-order valence-corrected chi connectivity index (χ1v) is 40.5. The van der Waals surface area contributed by atoms with Crippen LogP contribution in [0.4, 0.5) is 49.9 Å². The SMILES string of the molecule is O=C(Nc1ccc(Cl)c(-c2ccccn2)c1)c1ccc(N2CCOCS2(=O)=O)cc1F.O=C(Nc1ccc2ncoc2c1)c1ccc(N2CCOCS2(=O)=O)cc1.O=C(Nc1ccc2ocnc2c1)c1ccc(N2CCOCS2(=O)=O)cc1.O=C(Nc1ccc2scnc2c1)c1ccc(N2CCOCS2(=O)=O)cc1. The summed E-state index contributed by atoms with van der Waals surface area (Å²) in [6, 6.07) is 49.0. The molecule has 4 N–H and O–H groups in total. The fraction of sp³-hybridized carbons (Fsp3) is 0.167. The Hall–Kier alpha value is -11.3. The Bertz CT molecular complexity index is 5440. The first-order chi connectivity index (χ1) is 52.4. The van der Waals surface area contributed by atoms with Crippen molar-refractivity contribution in [2.24, 2.45) is 0 Å². The van der Waals surface area contributed by atoms with Gasteiger partial charge in [0.1, 0.15) is 16.9 Å². The Morgan fingerprint density at radius 2 is 0.844 bits per heavy atom. The van der Waals surface area contributed by atoms with E-state index >= 15 is 0 Å². The van der Waals surface area contributed by atoms with Crippen LogP contribution in [0.1, 0.15) is 41.4 Å². The van der Waals surface area contributed by atoms with E-state index in [1.165, 1.54) is 49.2 Å². The van der Waals surface area contributed by atoms with E-state index in [0.29, 0.717) is 115 Å². The largest absolute Gasteiger partial charge is 0.443 e. The highest BCUT2D eigenvalue weighted by atomic mass is 35.5. The monoisotopic (exact) mass is 1600 g/mol. The van der Waals surface area contributed by atoms with Crippen LogP contribution in [0.3, 0.4) is 0 Å². The number of rotatable bonds is 13. The number of carbonyl (C=O) groups excluding carboxylic acids is 4. The van der Waals surface area contributed by atoms with Gasteiger partial charge in [0.25, 0.3) is 63.7 Å². The van der Waals surface area contributed by atoms with Gasteiger partial charge in [0.15, 0.2) is 47.7 Å². The maximum atomic E-state index is 14.7. The Morgan fingerprint density at radius 3 is 1.34 bits per heavy atom. The number of hydrogen-bond donors (Lipinski definition) is 4. The first kappa shape index (κ1) is 75.9. The van der Waals surface area contributed by atoms with E-state index < -0.39 is 57.8 Å². The lowest BCUT2D eigenvalue weighted by molar-refractivity contribution is 0.101. The Balaban J connectivity index is 0.000000128. The number of hydrogen-bond acceptors (Lipinski definition) is 23. The number of aromatic nitrogens is 4. The molecule has 0 aliphatic carbocycles. The molecule has 8 aromatic carbocycles. The fourth-order valence-electron chi connectivity index (χ4n) is 11.3. The van der Waals surface area contributed by atoms with E-state index in [9.17, 15) is 57.2 Å². The van der Waals surface area contributed by atoms with Gasteiger partial charge >= 0.3 is 0 Å². The Morgan fingerprint density at radius 1 is 0.413 bits per heavy atom. The number of sulfonamides is 4. The minimum absolute atomic E-state index is 0.0778. The summed E-state index contributed by atoms with van der Waals surface area (Å²) in [7, 11) is -14.1. The van der Waals surface area contributed by atoms with E-state index in [1.54, 1.807) is 151 Å². The molecule has 0 atom stereocenters. The van der Waals surface area contributed by atoms with Gasteiger partial charge in [-0.1, -0.05) is 17.7 Å². The van der Waals surface area contributed by atoms with E-state index in [-0.39, 0.29) is 79.6 Å². The number of nitrogens with one attached hydrogen (secondary N) is 4. The number of halogens is 2. The number of thiazole rings is 1. The average molecular weight is 1600 g/mol. The zero-order chi connectivity index (χ0) is 76.5. The smallest absolute Gasteiger partial charge is 0.259 e. The summed E-state index contributed by atoms with van der Waals surface area (Å²) in [4.78, 5) is 66.4. The van der Waals surface area contributed by atoms with Crippen LogP contribution in [-0.4, -0.2) is 154 Å². The number of fused-ring (bicyclic) bond motifs is 3. The Labute approximate surface area is 631 Å². The van der Waals surface area contributed by atoms with Crippen LogP contribution < -0.4 is 38.5 Å². The van der Waals surface area contributed by atoms with Crippen molar-refractivity contribution in [2.45, 2.75) is 0 Å². The van der Waals surface area contributed by atoms with E-state index in [4.69, 9.17) is 39.4 Å². The van der Waals surface area contributed by atoms with Crippen LogP contribution in [0.2, 0.25) is 5.02 Å². The van der Waals surface area contributed by atoms with Crippen molar-refractivity contribution >= 4 is 165 Å². The van der Waals surface area contributed by atoms with Crippen molar-refractivity contribution in [1.82, 2.24) is 19.9 Å². The summed E-state index contributed by atoms with van der Waals surface area (Å²) in [6.07, 6.45) is 4.31. The minimum Gasteiger partial charge on any atom is -0.443 e. The summed E-state index contributed by atoms with van der Waals surface area (Å²) in [5.74, 6) is -3.85. The fourth-order valence-corrected chi connectivity index (χ4v) is 17.2. The number of benzene rings is 8. The average Bonchev–Trinajstić information content (AvgIpc) is 1.80. The molecule has 4 aromatic heterocycles. The molecule has 0 unspecified atom stereocenters. The molecule has 30 nitrogen and oxygen atoms in total. The van der Waals surface area contributed by atoms with Crippen LogP contribution in [0.15, 0.2) is 215 Å². The second-order valence-corrected chi connectivity index (χ2v) is 32.6. The molecule has 16 rings (SSSR count). The van der Waals surface area contributed by atoms with Crippen molar-refractivity contribution in [3.8, 4) is 11.3 Å². The van der Waals surface area contributed by atoms with Crippen LogP contribution in [0.5, 0.6) is 0 Å². The highest BCUT2D eigenvalue weighted by Gasteiger charge is 2.31. The topological polar surface area (TPSA) is 381 Å². The highest BCUT2D eigenvalue weighted by molar-refractivity contribution is 7.93. The molecule has 4 amide bonds. The van der Waals surface area contributed by atoms with Crippen molar-refractivity contribution in [3.63, 3.8) is 0 Å². The molecule has 4 aliphatic rings. The predicted octanol–water partition coefficient (Wildman–Crippen LogP) is 11.0. The second kappa shape index (κ2) is 33.0. The van der Waals surface area contributed by atoms with Gasteiger partial charge in [-0.2, -0.15) is 0 Å². The maximum Gasteiger partial charge on any atom is 0.259 e. The second-order valence-electron chi connectivity index (χ2n) is 24.0. The van der Waals surface area contributed by atoms with Crippen molar-refractivity contribution in [2.75, 3.05) is 115 Å². The summed E-state index contributed by atoms with van der Waals surface area (Å²) < 4.78 is 147. The van der Waals surface area contributed by atoms with Gasteiger partial charge in [0, 0.05) is 57.3 Å². The molecular weight excluding hydrogens is 1540 g/mol. The molecule has 4 fully saturated rings. The lowest BCUT2D eigenvalue weighted by Crippen LogP contribution is -2.41. The molecule has 12 aromatic rings. The molecule has 8 heterocycles. The van der Waals surface area contributed by atoms with Crippen molar-refractivity contribution in [1.29, 1.82) is 0 Å². The maximum absolute atomic E-state index is 14.7. The zero-order valence-electron chi connectivity index (χ0n) is 56.8. The van der Waals surface area contributed by atoms with Crippen molar-refractivity contribution in [3.05, 3.63) is 240 Å². The van der Waals surface area contributed by atoms with Gasteiger partial charge in [0.05, 0.1) is 107 Å². The highest BCUT2D eigenvalue weighted by Crippen LogP contribution is 2.32. The first-order valence-electron chi connectivity index (χ1n) is 32.8. The molecule has 4 aliphatic heterocycles. The number of amides is 4. The summed E-state index contributed by atoms with van der Waals surface area (Å²) >= 11 is 7.79. The standard InChI is InChI=1S/C21H17ClFN3O4S.2C17H15N3O5S.C17H15N3O4S2/c22-18-7-4-14(11-17(18)20-3-1-2-8-24-20)25-21(27)16-6-5-15(12-19(16)23)26-9-10-30-13-31(26,28)29;21-17(19-13-3-6-16-15(9-13)18-10-25-16)12-1-4-14(5-2-12)20-7-8-24-11-26(20,22)23;21-17(19-13-3-6-15-16(9-13)25-10-18-15)12-1-4-14(5-2-12)20-7-8-24-11-26(20,22)23;21-17(19-13-3-6-16-15(9-13)18-10-25-16)12-1-4-14(5-2-12)20-7-8-24-11-26(20,22)23/h1-8,11-12H,9-10,13H2,(H,25,27);3*1-6,9-10H,7-8,11H2,(H,19,21). The van der Waals surface area contributed by atoms with Gasteiger partial charge < -0.3 is 49.0 Å². The number of oxazole rings is 2. The molecule has 109 heavy (non-hydrogen) atoms. The lowest BCUT2D eigenvalue weighted by Gasteiger charge is -2.28. The van der Waals surface area contributed by atoms with E-state index in [0.717, 1.165) is 20.6 Å². The predicted molar refractivity (Wildman–Crippen MR) is 408 cm³/mol. The molecule has 0 radical (unpaired) electrons. The third-order valence-corrected chi connectivity index (χ3v) is 24.0. The molecule has 0 bridgehead atoms. The summed E-state index contributed by atoms with van der Waals surface area (Å²) in [6.45, 7) is 2.09. The summed E-state index contributed by atoms with van der Waals surface area (Å²) in [5.41, 5.74) is 11.4. The number of anilines is 8. The van der Waals surface area contributed by atoms with Gasteiger partial charge in [-0.15, -0.1) is 11.3 Å². The molecule has 0 saturated carbocycles. The number of pyridine rings is 1. The number of carbonyl (C=O) groups is 4. The van der Waals surface area contributed by atoms with Crippen LogP contribution >= 0.6 is 22.9 Å². The quantitative estimate of drug-likeness (QED) is 0.0833. The van der Waals surface area contributed by atoms with Gasteiger partial charge in [0.2, 0.25) is 0 Å². The van der Waals surface area contributed by atoms with Gasteiger partial charge in [-0.25, -0.2) is 53.0 Å². The molecule has 37 heteroatoms. The third-order valence-electron chi connectivity index (χ3n) is 16.7.